The lowest BCUT2D eigenvalue weighted by Gasteiger charge is -2.06. The monoisotopic (exact) mass is 193 g/mol. The van der Waals surface area contributed by atoms with Gasteiger partial charge in [-0.2, -0.15) is 5.10 Å². The van der Waals surface area contributed by atoms with Crippen molar-refractivity contribution in [3.63, 3.8) is 0 Å². The molecule has 0 spiro atoms. The molecule has 3 nitrogen and oxygen atoms in total. The Kier molecular flexibility index (Phi) is 2.21. The van der Waals surface area contributed by atoms with Gasteiger partial charge in [-0.05, 0) is 25.1 Å². The van der Waals surface area contributed by atoms with Crippen LogP contribution in [0.4, 0.5) is 4.39 Å². The maximum Gasteiger partial charge on any atom is 0.125 e. The van der Waals surface area contributed by atoms with Gasteiger partial charge in [-0.15, -0.1) is 0 Å². The first-order valence-corrected chi connectivity index (χ1v) is 4.53. The van der Waals surface area contributed by atoms with Crippen LogP contribution in [0.2, 0.25) is 0 Å². The Morgan fingerprint density at radius 2 is 2.36 bits per heavy atom. The van der Waals surface area contributed by atoms with Crippen molar-refractivity contribution in [2.24, 2.45) is 5.73 Å². The predicted octanol–water partition coefficient (Wildman–Crippen LogP) is 1.52. The Bertz CT molecular complexity index is 448. The summed E-state index contributed by atoms with van der Waals surface area (Å²) in [7, 11) is 0. The van der Waals surface area contributed by atoms with Gasteiger partial charge in [-0.1, -0.05) is 0 Å². The highest BCUT2D eigenvalue weighted by molar-refractivity contribution is 5.78. The van der Waals surface area contributed by atoms with Crippen molar-refractivity contribution in [3.8, 4) is 0 Å². The number of nitrogens with zero attached hydrogens (tertiary/aromatic N) is 2. The summed E-state index contributed by atoms with van der Waals surface area (Å²) in [6.45, 7) is 2.50. The smallest absolute Gasteiger partial charge is 0.125 e. The third-order valence-electron chi connectivity index (χ3n) is 2.07. The second kappa shape index (κ2) is 3.38. The number of hydrogen-bond acceptors (Lipinski definition) is 2. The van der Waals surface area contributed by atoms with Gasteiger partial charge in [0.15, 0.2) is 0 Å². The van der Waals surface area contributed by atoms with E-state index in [1.165, 1.54) is 12.1 Å². The van der Waals surface area contributed by atoms with E-state index < -0.39 is 0 Å². The number of hydrogen-bond donors (Lipinski definition) is 1. The molecular formula is C10H12FN3. The fraction of sp³-hybridized carbons (Fsp3) is 0.300. The van der Waals surface area contributed by atoms with Gasteiger partial charge in [0.1, 0.15) is 5.82 Å². The van der Waals surface area contributed by atoms with Crippen molar-refractivity contribution < 1.29 is 4.39 Å². The Balaban J connectivity index is 2.50. The Morgan fingerprint density at radius 1 is 1.57 bits per heavy atom. The average molecular weight is 193 g/mol. The van der Waals surface area contributed by atoms with Gasteiger partial charge in [0, 0.05) is 11.4 Å². The molecule has 14 heavy (non-hydrogen) atoms. The van der Waals surface area contributed by atoms with Crippen molar-refractivity contribution in [1.29, 1.82) is 0 Å². The third kappa shape index (κ3) is 1.61. The molecule has 2 rings (SSSR count). The van der Waals surface area contributed by atoms with Crippen molar-refractivity contribution >= 4 is 10.9 Å². The molecule has 1 atom stereocenters. The molecule has 0 unspecified atom stereocenters. The molecule has 0 amide bonds. The van der Waals surface area contributed by atoms with E-state index >= 15 is 0 Å². The van der Waals surface area contributed by atoms with E-state index in [0.29, 0.717) is 6.54 Å². The van der Waals surface area contributed by atoms with Crippen molar-refractivity contribution in [2.75, 3.05) is 0 Å². The molecule has 1 aromatic heterocycles. The zero-order valence-electron chi connectivity index (χ0n) is 7.94. The molecular weight excluding hydrogens is 181 g/mol. The van der Waals surface area contributed by atoms with E-state index in [4.69, 9.17) is 5.73 Å². The molecule has 1 aromatic carbocycles. The zero-order chi connectivity index (χ0) is 10.1. The fourth-order valence-corrected chi connectivity index (χ4v) is 1.46. The number of nitrogens with two attached hydrogens (primary N) is 1. The molecule has 1 heterocycles. The summed E-state index contributed by atoms with van der Waals surface area (Å²) in [6, 6.07) is 4.64. The minimum Gasteiger partial charge on any atom is -0.326 e. The Hall–Kier alpha value is -1.42. The largest absolute Gasteiger partial charge is 0.326 e. The fourth-order valence-electron chi connectivity index (χ4n) is 1.46. The van der Waals surface area contributed by atoms with Gasteiger partial charge in [-0.3, -0.25) is 4.68 Å². The maximum absolute atomic E-state index is 13.0. The van der Waals surface area contributed by atoms with Gasteiger partial charge < -0.3 is 5.73 Å². The second-order valence-corrected chi connectivity index (χ2v) is 3.51. The first-order valence-electron chi connectivity index (χ1n) is 4.53. The highest BCUT2D eigenvalue weighted by atomic mass is 19.1. The van der Waals surface area contributed by atoms with Crippen molar-refractivity contribution in [1.82, 2.24) is 9.78 Å². The highest BCUT2D eigenvalue weighted by Crippen LogP contribution is 2.14. The number of aromatic nitrogens is 2. The van der Waals surface area contributed by atoms with Gasteiger partial charge in [-0.25, -0.2) is 4.39 Å². The first kappa shape index (κ1) is 9.15. The molecule has 0 saturated heterocycles. The van der Waals surface area contributed by atoms with Gasteiger partial charge in [0.05, 0.1) is 18.3 Å². The molecule has 0 aliphatic heterocycles. The lowest BCUT2D eigenvalue weighted by Crippen LogP contribution is -2.22. The first-order chi connectivity index (χ1) is 6.66. The number of rotatable bonds is 2. The van der Waals surface area contributed by atoms with E-state index in [9.17, 15) is 4.39 Å². The van der Waals surface area contributed by atoms with E-state index in [1.54, 1.807) is 16.9 Å². The van der Waals surface area contributed by atoms with Crippen LogP contribution in [0.3, 0.4) is 0 Å². The summed E-state index contributed by atoms with van der Waals surface area (Å²) in [5.74, 6) is -0.246. The molecule has 4 heteroatoms. The summed E-state index contributed by atoms with van der Waals surface area (Å²) >= 11 is 0. The van der Waals surface area contributed by atoms with Crippen LogP contribution in [0.25, 0.3) is 10.9 Å². The molecule has 0 saturated carbocycles. The van der Waals surface area contributed by atoms with Crippen LogP contribution in [-0.2, 0) is 6.54 Å². The quantitative estimate of drug-likeness (QED) is 0.785. The molecule has 0 aliphatic carbocycles. The minimum atomic E-state index is -0.246. The molecule has 0 bridgehead atoms. The second-order valence-electron chi connectivity index (χ2n) is 3.51. The number of halogens is 1. The highest BCUT2D eigenvalue weighted by Gasteiger charge is 2.04. The average Bonchev–Trinajstić information content (AvgIpc) is 2.47. The molecule has 74 valence electrons. The summed E-state index contributed by atoms with van der Waals surface area (Å²) in [6.07, 6.45) is 1.72. The topological polar surface area (TPSA) is 43.8 Å². The maximum atomic E-state index is 13.0. The van der Waals surface area contributed by atoms with E-state index in [0.717, 1.165) is 10.9 Å². The van der Waals surface area contributed by atoms with Crippen LogP contribution >= 0.6 is 0 Å². The normalized spacial score (nSPS) is 13.4. The molecule has 0 radical (unpaired) electrons. The third-order valence-corrected chi connectivity index (χ3v) is 2.07. The molecule has 2 N–H and O–H groups in total. The van der Waals surface area contributed by atoms with Crippen LogP contribution < -0.4 is 5.73 Å². The summed E-state index contributed by atoms with van der Waals surface area (Å²) < 4.78 is 14.7. The number of benzene rings is 1. The van der Waals surface area contributed by atoms with Gasteiger partial charge >= 0.3 is 0 Å². The summed E-state index contributed by atoms with van der Waals surface area (Å²) in [4.78, 5) is 0. The molecule has 0 aliphatic rings. The Labute approximate surface area is 81.3 Å². The van der Waals surface area contributed by atoms with Crippen LogP contribution in [0, 0.1) is 5.82 Å². The van der Waals surface area contributed by atoms with E-state index in [2.05, 4.69) is 5.10 Å². The minimum absolute atomic E-state index is 0.0152. The SMILES string of the molecule is C[C@@H](N)Cn1ncc2ccc(F)cc21. The van der Waals surface area contributed by atoms with Gasteiger partial charge in [0.25, 0.3) is 0 Å². The van der Waals surface area contributed by atoms with E-state index in [-0.39, 0.29) is 11.9 Å². The summed E-state index contributed by atoms with van der Waals surface area (Å²) in [5.41, 5.74) is 6.45. The summed E-state index contributed by atoms with van der Waals surface area (Å²) in [5, 5.41) is 5.08. The van der Waals surface area contributed by atoms with Crippen LogP contribution in [0.15, 0.2) is 24.4 Å². The molecule has 0 fully saturated rings. The number of fused-ring (bicyclic) bond motifs is 1. The lowest BCUT2D eigenvalue weighted by molar-refractivity contribution is 0.551. The van der Waals surface area contributed by atoms with Crippen molar-refractivity contribution in [3.05, 3.63) is 30.2 Å². The lowest BCUT2D eigenvalue weighted by atomic mass is 10.2. The predicted molar refractivity (Wildman–Crippen MR) is 53.3 cm³/mol. The van der Waals surface area contributed by atoms with Crippen molar-refractivity contribution in [2.45, 2.75) is 19.5 Å². The van der Waals surface area contributed by atoms with E-state index in [1.807, 2.05) is 6.92 Å². The van der Waals surface area contributed by atoms with Crippen LogP contribution in [0.1, 0.15) is 6.92 Å². The van der Waals surface area contributed by atoms with Crippen LogP contribution in [0.5, 0.6) is 0 Å². The standard InChI is InChI=1S/C10H12FN3/c1-7(12)6-14-10-4-9(11)3-2-8(10)5-13-14/h2-5,7H,6,12H2,1H3/t7-/m1/s1. The zero-order valence-corrected chi connectivity index (χ0v) is 7.94. The Morgan fingerprint density at radius 3 is 3.07 bits per heavy atom. The van der Waals surface area contributed by atoms with Gasteiger partial charge in [0.2, 0.25) is 0 Å². The molecule has 2 aromatic rings. The van der Waals surface area contributed by atoms with Crippen LogP contribution in [-0.4, -0.2) is 15.8 Å².